The maximum atomic E-state index is 12.5. The summed E-state index contributed by atoms with van der Waals surface area (Å²) in [6.07, 6.45) is 0. The molecule has 6 rings (SSSR count). The van der Waals surface area contributed by atoms with Crippen LogP contribution in [0.2, 0.25) is 0 Å². The molecule has 0 bridgehead atoms. The Hall–Kier alpha value is -4.41. The summed E-state index contributed by atoms with van der Waals surface area (Å²) in [5, 5.41) is 22.3. The first-order valence-corrected chi connectivity index (χ1v) is 15.7. The molecular weight excluding hydrogens is 605 g/mol. The van der Waals surface area contributed by atoms with Gasteiger partial charge in [0.15, 0.2) is 0 Å². The van der Waals surface area contributed by atoms with E-state index in [2.05, 4.69) is 16.0 Å². The number of hydrogen-bond acceptors (Lipinski definition) is 7. The van der Waals surface area contributed by atoms with Crippen molar-refractivity contribution in [1.82, 2.24) is 0 Å². The second-order valence-corrected chi connectivity index (χ2v) is 11.8. The summed E-state index contributed by atoms with van der Waals surface area (Å²) in [7, 11) is -4.67. The molecule has 9 heteroatoms. The fraction of sp³-hybridized carbons (Fsp3) is 0.0270. The third-order valence-corrected chi connectivity index (χ3v) is 8.36. The average Bonchev–Trinajstić information content (AvgIpc) is 3.06. The second-order valence-electron chi connectivity index (χ2n) is 10.5. The Morgan fingerprint density at radius 3 is 1.17 bits per heavy atom. The quantitative estimate of drug-likeness (QED) is 0.0941. The topological polar surface area (TPSA) is 114 Å². The summed E-state index contributed by atoms with van der Waals surface area (Å²) in [6.45, 7) is 0. The van der Waals surface area contributed by atoms with Crippen LogP contribution in [0.5, 0.6) is 0 Å². The van der Waals surface area contributed by atoms with Gasteiger partial charge in [-0.15, -0.1) is 0 Å². The fourth-order valence-electron chi connectivity index (χ4n) is 5.20. The van der Waals surface area contributed by atoms with E-state index < -0.39 is 15.7 Å². The van der Waals surface area contributed by atoms with Gasteiger partial charge in [0.1, 0.15) is 15.7 Å². The zero-order chi connectivity index (χ0) is 31.3. The van der Waals surface area contributed by atoms with Gasteiger partial charge in [-0.2, -0.15) is 0 Å². The standard InChI is InChI=1S/C37H31N3O4S.Na/c41-37(27-15-21-32(22-16-27)38-30-9-3-1-4-10-30,28-17-23-33(24-18-28)39-31-11-5-2-6-12-31)29-19-25-34(26-20-29)40-35-13-7-8-14-36(35)45(42,43)44;/h1-26,38-41H,(H,42,43,44);/q;+1/p-1. The van der Waals surface area contributed by atoms with Crippen molar-refractivity contribution in [1.29, 1.82) is 0 Å². The van der Waals surface area contributed by atoms with Gasteiger partial charge in [-0.3, -0.25) is 0 Å². The Morgan fingerprint density at radius 1 is 0.457 bits per heavy atom. The van der Waals surface area contributed by atoms with Crippen molar-refractivity contribution in [2.75, 3.05) is 16.0 Å². The first-order valence-electron chi connectivity index (χ1n) is 14.3. The Labute approximate surface area is 291 Å². The number of benzene rings is 6. The molecule has 46 heavy (non-hydrogen) atoms. The van der Waals surface area contributed by atoms with Crippen LogP contribution in [0.3, 0.4) is 0 Å². The van der Waals surface area contributed by atoms with Crippen LogP contribution < -0.4 is 45.5 Å². The number of anilines is 6. The van der Waals surface area contributed by atoms with E-state index in [1.165, 1.54) is 18.2 Å². The van der Waals surface area contributed by atoms with Crippen LogP contribution in [0.1, 0.15) is 16.7 Å². The van der Waals surface area contributed by atoms with E-state index in [4.69, 9.17) is 0 Å². The smallest absolute Gasteiger partial charge is 0.744 e. The maximum absolute atomic E-state index is 12.5. The summed E-state index contributed by atoms with van der Waals surface area (Å²) < 4.78 is 35.3. The van der Waals surface area contributed by atoms with Gasteiger partial charge in [0.2, 0.25) is 0 Å². The summed E-state index contributed by atoms with van der Waals surface area (Å²) in [4.78, 5) is -0.334. The van der Waals surface area contributed by atoms with Crippen molar-refractivity contribution in [2.45, 2.75) is 10.5 Å². The number of aliphatic hydroxyl groups is 1. The van der Waals surface area contributed by atoms with Gasteiger partial charge in [0, 0.05) is 28.4 Å². The summed E-state index contributed by atoms with van der Waals surface area (Å²) >= 11 is 0. The molecule has 0 aromatic heterocycles. The minimum atomic E-state index is -4.67. The molecule has 0 saturated heterocycles. The molecule has 0 atom stereocenters. The zero-order valence-corrected chi connectivity index (χ0v) is 27.9. The molecule has 0 aliphatic carbocycles. The van der Waals surface area contributed by atoms with Crippen LogP contribution in [0.25, 0.3) is 0 Å². The predicted molar refractivity (Wildman–Crippen MR) is 179 cm³/mol. The van der Waals surface area contributed by atoms with Crippen LogP contribution in [0.15, 0.2) is 163 Å². The average molecular weight is 636 g/mol. The molecule has 0 saturated carbocycles. The Balaban J connectivity index is 0.00000417. The molecule has 224 valence electrons. The summed E-state index contributed by atoms with van der Waals surface area (Å²) in [5.74, 6) is 0. The van der Waals surface area contributed by atoms with E-state index in [9.17, 15) is 18.1 Å². The summed E-state index contributed by atoms with van der Waals surface area (Å²) in [5.41, 5.74) is 4.80. The molecule has 0 unspecified atom stereocenters. The van der Waals surface area contributed by atoms with Gasteiger partial charge in [0.25, 0.3) is 0 Å². The molecule has 0 aliphatic rings. The Morgan fingerprint density at radius 2 is 0.783 bits per heavy atom. The molecular formula is C37H30N3NaO4S. The van der Waals surface area contributed by atoms with E-state index in [-0.39, 0.29) is 40.1 Å². The van der Waals surface area contributed by atoms with Crippen LogP contribution in [0, 0.1) is 0 Å². The number of para-hydroxylation sites is 3. The van der Waals surface area contributed by atoms with E-state index in [1.807, 2.05) is 109 Å². The molecule has 0 amide bonds. The van der Waals surface area contributed by atoms with E-state index in [0.717, 1.165) is 22.7 Å². The monoisotopic (exact) mass is 635 g/mol. The molecule has 0 aliphatic heterocycles. The largest absolute Gasteiger partial charge is 1.00 e. The Kier molecular flexibility index (Phi) is 10.3. The summed E-state index contributed by atoms with van der Waals surface area (Å²) in [6, 6.07) is 48.0. The van der Waals surface area contributed by atoms with Crippen LogP contribution in [0.4, 0.5) is 34.1 Å². The zero-order valence-electron chi connectivity index (χ0n) is 25.1. The molecule has 0 heterocycles. The number of nitrogens with one attached hydrogen (secondary N) is 3. The normalized spacial score (nSPS) is 11.3. The SMILES string of the molecule is O=S(=O)([O-])c1ccccc1Nc1ccc(C(O)(c2ccc(Nc3ccccc3)cc2)c2ccc(Nc3ccccc3)cc2)cc1.[Na+]. The number of hydrogen-bond donors (Lipinski definition) is 4. The Bertz CT molecular complexity index is 1900. The molecule has 7 nitrogen and oxygen atoms in total. The fourth-order valence-corrected chi connectivity index (χ4v) is 5.84. The van der Waals surface area contributed by atoms with Gasteiger partial charge in [-0.25, -0.2) is 8.42 Å². The third-order valence-electron chi connectivity index (χ3n) is 7.47. The molecule has 0 spiro atoms. The van der Waals surface area contributed by atoms with Gasteiger partial charge < -0.3 is 25.6 Å². The van der Waals surface area contributed by atoms with Gasteiger partial charge in [0.05, 0.1) is 10.6 Å². The van der Waals surface area contributed by atoms with Gasteiger partial charge >= 0.3 is 29.6 Å². The van der Waals surface area contributed by atoms with Crippen LogP contribution in [-0.4, -0.2) is 18.1 Å². The van der Waals surface area contributed by atoms with Crippen molar-refractivity contribution < 1.29 is 47.6 Å². The van der Waals surface area contributed by atoms with E-state index in [0.29, 0.717) is 22.4 Å². The number of rotatable bonds is 10. The van der Waals surface area contributed by atoms with Crippen LogP contribution >= 0.6 is 0 Å². The van der Waals surface area contributed by atoms with Gasteiger partial charge in [-0.1, -0.05) is 84.9 Å². The molecule has 6 aromatic carbocycles. The second kappa shape index (κ2) is 14.3. The van der Waals surface area contributed by atoms with Crippen molar-refractivity contribution in [3.63, 3.8) is 0 Å². The molecule has 4 N–H and O–H groups in total. The van der Waals surface area contributed by atoms with Gasteiger partial charge in [-0.05, 0) is 89.5 Å². The van der Waals surface area contributed by atoms with Crippen molar-refractivity contribution in [3.8, 4) is 0 Å². The minimum Gasteiger partial charge on any atom is -0.744 e. The predicted octanol–water partition coefficient (Wildman–Crippen LogP) is 5.11. The maximum Gasteiger partial charge on any atom is 1.00 e. The molecule has 6 aromatic rings. The van der Waals surface area contributed by atoms with E-state index >= 15 is 0 Å². The molecule has 0 fully saturated rings. The van der Waals surface area contributed by atoms with E-state index in [1.54, 1.807) is 30.3 Å². The van der Waals surface area contributed by atoms with Crippen molar-refractivity contribution >= 4 is 44.2 Å². The first kappa shape index (κ1) is 33.0. The third kappa shape index (κ3) is 7.51. The van der Waals surface area contributed by atoms with Crippen molar-refractivity contribution in [2.24, 2.45) is 0 Å². The first-order chi connectivity index (χ1) is 21.8. The minimum absolute atomic E-state index is 0. The molecule has 0 radical (unpaired) electrons. The van der Waals surface area contributed by atoms with Crippen molar-refractivity contribution in [3.05, 3.63) is 174 Å². The van der Waals surface area contributed by atoms with Crippen LogP contribution in [-0.2, 0) is 15.7 Å².